The Morgan fingerprint density at radius 2 is 1.53 bits per heavy atom. The first-order valence-corrected chi connectivity index (χ1v) is 7.98. The number of hydrogen-bond donors (Lipinski definition) is 0. The van der Waals surface area contributed by atoms with Crippen LogP contribution in [0.5, 0.6) is 0 Å². The Morgan fingerprint density at radius 3 is 2.05 bits per heavy atom. The van der Waals surface area contributed by atoms with Gasteiger partial charge in [-0.1, -0.05) is 70.8 Å². The molecule has 0 aliphatic rings. The first kappa shape index (κ1) is 18.4. The van der Waals surface area contributed by atoms with Crippen LogP contribution in [-0.2, 0) is 9.53 Å². The molecule has 0 radical (unpaired) electrons. The van der Waals surface area contributed by atoms with E-state index < -0.39 is 0 Å². The fraction of sp³-hybridized carbons (Fsp3) is 0.824. The topological polar surface area (TPSA) is 26.3 Å². The molecule has 0 saturated heterocycles. The van der Waals surface area contributed by atoms with Gasteiger partial charge in [0.15, 0.2) is 0 Å². The molecule has 0 spiro atoms. The van der Waals surface area contributed by atoms with Crippen LogP contribution in [0, 0.1) is 0 Å². The molecule has 0 aromatic rings. The lowest BCUT2D eigenvalue weighted by atomic mass is 10.0. The van der Waals surface area contributed by atoms with E-state index in [4.69, 9.17) is 4.74 Å². The zero-order valence-corrected chi connectivity index (χ0v) is 12.9. The highest BCUT2D eigenvalue weighted by Gasteiger charge is 2.04. The lowest BCUT2D eigenvalue weighted by Crippen LogP contribution is -2.08. The van der Waals surface area contributed by atoms with Crippen molar-refractivity contribution in [3.63, 3.8) is 0 Å². The predicted octanol–water partition coefficient (Wildman–Crippen LogP) is 5.07. The molecule has 1 unspecified atom stereocenters. The van der Waals surface area contributed by atoms with Gasteiger partial charge >= 0.3 is 0 Å². The molecule has 0 aliphatic carbocycles. The molecule has 1 atom stereocenters. The maximum absolute atomic E-state index is 10.2. The quantitative estimate of drug-likeness (QED) is 0.250. The number of allylic oxidation sites excluding steroid dienone is 1. The molecule has 0 rings (SSSR count). The van der Waals surface area contributed by atoms with Gasteiger partial charge in [0.25, 0.3) is 0 Å². The maximum atomic E-state index is 10.2. The van der Waals surface area contributed by atoms with Gasteiger partial charge in [-0.3, -0.25) is 4.79 Å². The van der Waals surface area contributed by atoms with Crippen molar-refractivity contribution >= 4 is 6.29 Å². The highest BCUT2D eigenvalue weighted by molar-refractivity contribution is 5.64. The molecule has 2 nitrogen and oxygen atoms in total. The number of rotatable bonds is 14. The smallest absolute Gasteiger partial charge is 0.142 e. The number of methoxy groups -OCH3 is 1. The van der Waals surface area contributed by atoms with Gasteiger partial charge in [-0.25, -0.2) is 0 Å². The first-order chi connectivity index (χ1) is 9.35. The van der Waals surface area contributed by atoms with E-state index in [1.165, 1.54) is 57.8 Å². The fourth-order valence-electron chi connectivity index (χ4n) is 2.30. The van der Waals surface area contributed by atoms with Gasteiger partial charge in [0, 0.05) is 7.11 Å². The first-order valence-electron chi connectivity index (χ1n) is 7.98. The van der Waals surface area contributed by atoms with E-state index >= 15 is 0 Å². The lowest BCUT2D eigenvalue weighted by Gasteiger charge is -2.12. The standard InChI is InChI=1S/C17H32O2/c1-3-4-5-6-7-8-9-10-11-14-17(19-2)15-12-13-16-18/h12-13,16-17H,3-11,14-15H2,1-2H3/b13-12+. The molecule has 0 aliphatic heterocycles. The Labute approximate surface area is 119 Å². The van der Waals surface area contributed by atoms with Crippen LogP contribution in [0.15, 0.2) is 12.2 Å². The largest absolute Gasteiger partial charge is 0.381 e. The predicted molar refractivity (Wildman–Crippen MR) is 82.5 cm³/mol. The highest BCUT2D eigenvalue weighted by Crippen LogP contribution is 2.13. The Morgan fingerprint density at radius 1 is 0.947 bits per heavy atom. The van der Waals surface area contributed by atoms with Crippen molar-refractivity contribution in [2.24, 2.45) is 0 Å². The van der Waals surface area contributed by atoms with Crippen LogP contribution in [0.1, 0.15) is 77.6 Å². The monoisotopic (exact) mass is 268 g/mol. The summed E-state index contributed by atoms with van der Waals surface area (Å²) in [6, 6.07) is 0. The SMILES string of the molecule is CCCCCCCCCCCC(C/C=C/C=O)OC. The Balaban J connectivity index is 3.31. The zero-order chi connectivity index (χ0) is 14.2. The fourth-order valence-corrected chi connectivity index (χ4v) is 2.30. The Kier molecular flexibility index (Phi) is 14.9. The summed E-state index contributed by atoms with van der Waals surface area (Å²) in [5, 5.41) is 0. The van der Waals surface area contributed by atoms with Crippen molar-refractivity contribution in [3.05, 3.63) is 12.2 Å². The molecule has 0 bridgehead atoms. The number of hydrogen-bond acceptors (Lipinski definition) is 2. The van der Waals surface area contributed by atoms with Crippen LogP contribution in [0.3, 0.4) is 0 Å². The minimum atomic E-state index is 0.278. The van der Waals surface area contributed by atoms with Crippen LogP contribution in [0.4, 0.5) is 0 Å². The van der Waals surface area contributed by atoms with Crippen LogP contribution in [-0.4, -0.2) is 19.5 Å². The number of unbranched alkanes of at least 4 members (excludes halogenated alkanes) is 8. The minimum Gasteiger partial charge on any atom is -0.381 e. The maximum Gasteiger partial charge on any atom is 0.142 e. The molecule has 0 amide bonds. The summed E-state index contributed by atoms with van der Waals surface area (Å²) in [6.07, 6.45) is 18.7. The van der Waals surface area contributed by atoms with E-state index in [9.17, 15) is 4.79 Å². The van der Waals surface area contributed by atoms with Gasteiger partial charge in [-0.2, -0.15) is 0 Å². The van der Waals surface area contributed by atoms with E-state index in [0.717, 1.165) is 19.1 Å². The van der Waals surface area contributed by atoms with Crippen LogP contribution >= 0.6 is 0 Å². The summed E-state index contributed by atoms with van der Waals surface area (Å²) >= 11 is 0. The summed E-state index contributed by atoms with van der Waals surface area (Å²) in [6.45, 7) is 2.26. The van der Waals surface area contributed by atoms with Crippen LogP contribution in [0.25, 0.3) is 0 Å². The normalized spacial score (nSPS) is 12.9. The Bertz CT molecular complexity index is 211. The van der Waals surface area contributed by atoms with Crippen LogP contribution < -0.4 is 0 Å². The molecule has 0 aromatic carbocycles. The van der Waals surface area contributed by atoms with Gasteiger partial charge < -0.3 is 4.74 Å². The molecule has 2 heteroatoms. The van der Waals surface area contributed by atoms with Crippen molar-refractivity contribution in [3.8, 4) is 0 Å². The summed E-state index contributed by atoms with van der Waals surface area (Å²) in [7, 11) is 1.76. The molecule has 0 heterocycles. The van der Waals surface area contributed by atoms with Gasteiger partial charge in [-0.05, 0) is 18.9 Å². The Hall–Kier alpha value is -0.630. The summed E-state index contributed by atoms with van der Waals surface area (Å²) in [5.41, 5.74) is 0. The number of carbonyl (C=O) groups excluding carboxylic acids is 1. The second-order valence-electron chi connectivity index (χ2n) is 5.27. The molecule has 0 saturated carbocycles. The van der Waals surface area contributed by atoms with Crippen molar-refractivity contribution in [2.45, 2.75) is 83.7 Å². The third-order valence-electron chi connectivity index (χ3n) is 3.58. The third kappa shape index (κ3) is 13.6. The second-order valence-corrected chi connectivity index (χ2v) is 5.27. The van der Waals surface area contributed by atoms with Gasteiger partial charge in [0.05, 0.1) is 6.10 Å². The van der Waals surface area contributed by atoms with Crippen molar-refractivity contribution in [1.82, 2.24) is 0 Å². The van der Waals surface area contributed by atoms with E-state index in [0.29, 0.717) is 0 Å². The minimum absolute atomic E-state index is 0.278. The molecule has 0 fully saturated rings. The van der Waals surface area contributed by atoms with Crippen molar-refractivity contribution < 1.29 is 9.53 Å². The van der Waals surface area contributed by atoms with E-state index in [2.05, 4.69) is 6.92 Å². The van der Waals surface area contributed by atoms with Gasteiger partial charge in [0.1, 0.15) is 6.29 Å². The molecule has 0 N–H and O–H groups in total. The van der Waals surface area contributed by atoms with Crippen LogP contribution in [0.2, 0.25) is 0 Å². The average Bonchev–Trinajstić information content (AvgIpc) is 2.43. The third-order valence-corrected chi connectivity index (χ3v) is 3.58. The summed E-state index contributed by atoms with van der Waals surface area (Å²) in [4.78, 5) is 10.2. The van der Waals surface area contributed by atoms with Gasteiger partial charge in [-0.15, -0.1) is 0 Å². The summed E-state index contributed by atoms with van der Waals surface area (Å²) in [5.74, 6) is 0. The lowest BCUT2D eigenvalue weighted by molar-refractivity contribution is -0.104. The van der Waals surface area contributed by atoms with Crippen molar-refractivity contribution in [2.75, 3.05) is 7.11 Å². The number of aldehydes is 1. The second kappa shape index (κ2) is 15.4. The number of carbonyl (C=O) groups is 1. The van der Waals surface area contributed by atoms with E-state index in [1.54, 1.807) is 13.2 Å². The average molecular weight is 268 g/mol. The number of ether oxygens (including phenoxy) is 1. The molecular formula is C17H32O2. The highest BCUT2D eigenvalue weighted by atomic mass is 16.5. The molecular weight excluding hydrogens is 236 g/mol. The molecule has 0 aromatic heterocycles. The molecule has 19 heavy (non-hydrogen) atoms. The molecule has 112 valence electrons. The van der Waals surface area contributed by atoms with Gasteiger partial charge in [0.2, 0.25) is 0 Å². The van der Waals surface area contributed by atoms with Crippen molar-refractivity contribution in [1.29, 1.82) is 0 Å². The summed E-state index contributed by atoms with van der Waals surface area (Å²) < 4.78 is 5.40. The van der Waals surface area contributed by atoms with E-state index in [-0.39, 0.29) is 6.10 Å². The van der Waals surface area contributed by atoms with E-state index in [1.807, 2.05) is 6.08 Å². The zero-order valence-electron chi connectivity index (χ0n) is 12.9.